The number of hydrogen-bond acceptors (Lipinski definition) is 7. The highest BCUT2D eigenvalue weighted by molar-refractivity contribution is 7.12. The molecule has 0 radical (unpaired) electrons. The highest BCUT2D eigenvalue weighted by Crippen LogP contribution is 2.18. The van der Waals surface area contributed by atoms with Gasteiger partial charge in [0.15, 0.2) is 11.9 Å². The number of hydrogen-bond donors (Lipinski definition) is 1. The van der Waals surface area contributed by atoms with E-state index in [0.717, 1.165) is 0 Å². The summed E-state index contributed by atoms with van der Waals surface area (Å²) in [5, 5.41) is 8.26. The van der Waals surface area contributed by atoms with E-state index in [2.05, 4.69) is 15.5 Å². The minimum atomic E-state index is -0.646. The Hall–Kier alpha value is -3.00. The highest BCUT2D eigenvalue weighted by atomic mass is 32.1. The molecule has 0 fully saturated rings. The fraction of sp³-hybridized carbons (Fsp3) is 0.176. The molecule has 25 heavy (non-hydrogen) atoms. The largest absolute Gasteiger partial charge is 0.449 e. The van der Waals surface area contributed by atoms with Crippen LogP contribution in [0.1, 0.15) is 44.8 Å². The third kappa shape index (κ3) is 4.10. The van der Waals surface area contributed by atoms with Crippen LogP contribution in [0.3, 0.4) is 0 Å². The normalized spacial score (nSPS) is 11.8. The van der Waals surface area contributed by atoms with E-state index in [1.165, 1.54) is 11.3 Å². The van der Waals surface area contributed by atoms with E-state index in [-0.39, 0.29) is 11.8 Å². The number of thiophene rings is 1. The molecule has 1 unspecified atom stereocenters. The molecule has 2 heterocycles. The van der Waals surface area contributed by atoms with Gasteiger partial charge in [-0.2, -0.15) is 4.98 Å². The Balaban J connectivity index is 1.61. The van der Waals surface area contributed by atoms with Gasteiger partial charge in [0, 0.05) is 5.69 Å². The predicted octanol–water partition coefficient (Wildman–Crippen LogP) is 3.61. The average molecular weight is 357 g/mol. The van der Waals surface area contributed by atoms with Crippen molar-refractivity contribution in [1.29, 1.82) is 0 Å². The van der Waals surface area contributed by atoms with Crippen LogP contribution in [0.4, 0.5) is 5.69 Å². The first-order chi connectivity index (χ1) is 12.0. The van der Waals surface area contributed by atoms with Crippen molar-refractivity contribution in [3.05, 3.63) is 63.9 Å². The molecule has 1 amide bonds. The van der Waals surface area contributed by atoms with Crippen molar-refractivity contribution in [3.8, 4) is 0 Å². The first-order valence-corrected chi connectivity index (χ1v) is 8.37. The predicted molar refractivity (Wildman–Crippen MR) is 91.6 cm³/mol. The summed E-state index contributed by atoms with van der Waals surface area (Å²) >= 11 is 1.36. The summed E-state index contributed by atoms with van der Waals surface area (Å²) in [5.41, 5.74) is 0.952. The molecule has 0 aliphatic rings. The summed E-state index contributed by atoms with van der Waals surface area (Å²) in [6.07, 6.45) is -0.646. The molecular formula is C17H15N3O4S. The number of carbonyl (C=O) groups is 2. The van der Waals surface area contributed by atoms with Gasteiger partial charge in [0.25, 0.3) is 11.8 Å². The average Bonchev–Trinajstić information content (AvgIpc) is 3.27. The first kappa shape index (κ1) is 16.8. The fourth-order valence-electron chi connectivity index (χ4n) is 2.05. The number of esters is 1. The second kappa shape index (κ2) is 7.27. The van der Waals surface area contributed by atoms with Crippen molar-refractivity contribution in [2.75, 3.05) is 5.32 Å². The van der Waals surface area contributed by atoms with Crippen molar-refractivity contribution >= 4 is 28.9 Å². The zero-order chi connectivity index (χ0) is 17.8. The molecule has 0 aliphatic carbocycles. The summed E-state index contributed by atoms with van der Waals surface area (Å²) in [7, 11) is 0. The number of aromatic nitrogens is 2. The Morgan fingerprint density at radius 2 is 2.00 bits per heavy atom. The first-order valence-electron chi connectivity index (χ1n) is 7.49. The molecule has 7 nitrogen and oxygen atoms in total. The smallest absolute Gasteiger partial charge is 0.338 e. The molecule has 1 atom stereocenters. The summed E-state index contributed by atoms with van der Waals surface area (Å²) in [5.74, 6) is 0.0135. The maximum absolute atomic E-state index is 12.2. The molecule has 0 saturated heterocycles. The van der Waals surface area contributed by atoms with Crippen LogP contribution in [0, 0.1) is 6.92 Å². The van der Waals surface area contributed by atoms with Gasteiger partial charge in [-0.15, -0.1) is 11.3 Å². The van der Waals surface area contributed by atoms with Crippen LogP contribution in [0.5, 0.6) is 0 Å². The summed E-state index contributed by atoms with van der Waals surface area (Å²) in [6, 6.07) is 10.0. The number of ether oxygens (including phenoxy) is 1. The minimum Gasteiger partial charge on any atom is -0.449 e. The van der Waals surface area contributed by atoms with Crippen LogP contribution in [-0.4, -0.2) is 22.0 Å². The molecule has 1 aromatic carbocycles. The van der Waals surface area contributed by atoms with Crippen LogP contribution in [0.25, 0.3) is 0 Å². The Morgan fingerprint density at radius 1 is 1.24 bits per heavy atom. The molecule has 0 saturated carbocycles. The number of carbonyl (C=O) groups excluding carboxylic acids is 2. The van der Waals surface area contributed by atoms with Gasteiger partial charge in [0.05, 0.1) is 10.4 Å². The van der Waals surface area contributed by atoms with Crippen LogP contribution < -0.4 is 5.32 Å². The lowest BCUT2D eigenvalue weighted by atomic mass is 10.2. The Labute approximate surface area is 147 Å². The molecule has 1 N–H and O–H groups in total. The molecule has 3 aromatic rings. The molecule has 8 heteroatoms. The number of nitrogens with one attached hydrogen (secondary N) is 1. The van der Waals surface area contributed by atoms with Gasteiger partial charge < -0.3 is 14.6 Å². The topological polar surface area (TPSA) is 94.3 Å². The summed E-state index contributed by atoms with van der Waals surface area (Å²) in [6.45, 7) is 3.34. The second-order valence-corrected chi connectivity index (χ2v) is 6.18. The number of rotatable bonds is 5. The maximum atomic E-state index is 12.2. The molecule has 3 rings (SSSR count). The highest BCUT2D eigenvalue weighted by Gasteiger charge is 2.19. The van der Waals surface area contributed by atoms with Crippen molar-refractivity contribution in [1.82, 2.24) is 10.1 Å². The Kier molecular flexibility index (Phi) is 4.90. The standard InChI is InChI=1S/C17H15N3O4S/c1-10(16-18-11(2)20-24-16)23-17(22)12-5-7-13(8-6-12)19-15(21)14-4-3-9-25-14/h3-10H,1-2H3,(H,19,21). The van der Waals surface area contributed by atoms with Gasteiger partial charge in [0.2, 0.25) is 0 Å². The lowest BCUT2D eigenvalue weighted by Gasteiger charge is -2.10. The molecule has 0 spiro atoms. The minimum absolute atomic E-state index is 0.189. The van der Waals surface area contributed by atoms with Gasteiger partial charge in [0.1, 0.15) is 0 Å². The van der Waals surface area contributed by atoms with Gasteiger partial charge >= 0.3 is 5.97 Å². The van der Waals surface area contributed by atoms with Crippen LogP contribution >= 0.6 is 11.3 Å². The molecule has 0 bridgehead atoms. The van der Waals surface area contributed by atoms with Crippen molar-refractivity contribution in [2.45, 2.75) is 20.0 Å². The Morgan fingerprint density at radius 3 is 2.60 bits per heavy atom. The quantitative estimate of drug-likeness (QED) is 0.701. The van der Waals surface area contributed by atoms with E-state index >= 15 is 0 Å². The number of anilines is 1. The van der Waals surface area contributed by atoms with Crippen molar-refractivity contribution < 1.29 is 18.8 Å². The fourth-order valence-corrected chi connectivity index (χ4v) is 2.67. The van der Waals surface area contributed by atoms with E-state index in [1.54, 1.807) is 44.2 Å². The third-order valence-corrected chi connectivity index (χ3v) is 4.17. The van der Waals surface area contributed by atoms with Crippen molar-refractivity contribution in [2.24, 2.45) is 0 Å². The summed E-state index contributed by atoms with van der Waals surface area (Å²) in [4.78, 5) is 28.8. The molecule has 128 valence electrons. The van der Waals surface area contributed by atoms with Gasteiger partial charge in [-0.1, -0.05) is 11.2 Å². The molecule has 0 aliphatic heterocycles. The van der Waals surface area contributed by atoms with Crippen LogP contribution in [0.15, 0.2) is 46.3 Å². The van der Waals surface area contributed by atoms with E-state index in [9.17, 15) is 9.59 Å². The van der Waals surface area contributed by atoms with Gasteiger partial charge in [-0.3, -0.25) is 4.79 Å². The number of nitrogens with zero attached hydrogens (tertiary/aromatic N) is 2. The van der Waals surface area contributed by atoms with Crippen LogP contribution in [-0.2, 0) is 4.74 Å². The van der Waals surface area contributed by atoms with E-state index < -0.39 is 12.1 Å². The number of aryl methyl sites for hydroxylation is 1. The maximum Gasteiger partial charge on any atom is 0.338 e. The van der Waals surface area contributed by atoms with Crippen LogP contribution in [0.2, 0.25) is 0 Å². The van der Waals surface area contributed by atoms with E-state index in [0.29, 0.717) is 22.0 Å². The lowest BCUT2D eigenvalue weighted by molar-refractivity contribution is 0.0265. The SMILES string of the molecule is Cc1noc(C(C)OC(=O)c2ccc(NC(=O)c3cccs3)cc2)n1. The Bertz CT molecular complexity index is 872. The monoisotopic (exact) mass is 357 g/mol. The van der Waals surface area contributed by atoms with E-state index in [1.807, 2.05) is 11.4 Å². The van der Waals surface area contributed by atoms with Gasteiger partial charge in [-0.25, -0.2) is 4.79 Å². The molecular weight excluding hydrogens is 342 g/mol. The summed E-state index contributed by atoms with van der Waals surface area (Å²) < 4.78 is 10.3. The van der Waals surface area contributed by atoms with Crippen molar-refractivity contribution in [3.63, 3.8) is 0 Å². The zero-order valence-corrected chi connectivity index (χ0v) is 14.4. The number of amides is 1. The van der Waals surface area contributed by atoms with Gasteiger partial charge in [-0.05, 0) is 49.6 Å². The lowest BCUT2D eigenvalue weighted by Crippen LogP contribution is -2.11. The molecule has 2 aromatic heterocycles. The zero-order valence-electron chi connectivity index (χ0n) is 13.6. The van der Waals surface area contributed by atoms with E-state index in [4.69, 9.17) is 9.26 Å². The number of benzene rings is 1. The third-order valence-electron chi connectivity index (χ3n) is 3.30. The second-order valence-electron chi connectivity index (χ2n) is 5.24.